The van der Waals surface area contributed by atoms with Gasteiger partial charge in [-0.15, -0.1) is 11.3 Å². The summed E-state index contributed by atoms with van der Waals surface area (Å²) in [4.78, 5) is 11.5. The zero-order valence-corrected chi connectivity index (χ0v) is 15.8. The maximum Gasteiger partial charge on any atom is 0.144 e. The normalized spacial score (nSPS) is 16.6. The third-order valence-corrected chi connectivity index (χ3v) is 6.46. The van der Waals surface area contributed by atoms with E-state index in [0.717, 1.165) is 64.2 Å². The molecular weight excluding hydrogens is 360 g/mol. The lowest BCUT2D eigenvalue weighted by Crippen LogP contribution is -2.21. The van der Waals surface area contributed by atoms with E-state index in [4.69, 9.17) is 10.5 Å². The van der Waals surface area contributed by atoms with E-state index in [1.807, 2.05) is 12.1 Å². The topological polar surface area (TPSA) is 102 Å². The van der Waals surface area contributed by atoms with Crippen LogP contribution in [0.4, 0.5) is 11.5 Å². The van der Waals surface area contributed by atoms with Crippen molar-refractivity contribution in [2.45, 2.75) is 19.3 Å². The summed E-state index contributed by atoms with van der Waals surface area (Å²) in [6.45, 7) is 0.742. The number of aryl methyl sites for hydroxylation is 1. The Hall–Kier alpha value is -2.71. The van der Waals surface area contributed by atoms with Crippen LogP contribution in [0, 0.1) is 5.92 Å². The molecular formula is C19H20N6OS. The van der Waals surface area contributed by atoms with Crippen molar-refractivity contribution in [1.82, 2.24) is 20.2 Å². The molecule has 4 aromatic rings. The SMILES string of the molecule is COc1cc2[nH]ncc2cc1Nc1ncnc2sc3c(c12)CCC(CN)C3. The van der Waals surface area contributed by atoms with Crippen LogP contribution in [0.25, 0.3) is 21.1 Å². The van der Waals surface area contributed by atoms with Crippen LogP contribution in [0.2, 0.25) is 0 Å². The van der Waals surface area contributed by atoms with E-state index in [2.05, 4.69) is 25.5 Å². The van der Waals surface area contributed by atoms with Crippen LogP contribution in [0.3, 0.4) is 0 Å². The molecule has 1 atom stereocenters. The highest BCUT2D eigenvalue weighted by Gasteiger charge is 2.24. The van der Waals surface area contributed by atoms with Crippen LogP contribution in [-0.2, 0) is 12.8 Å². The third-order valence-electron chi connectivity index (χ3n) is 5.29. The van der Waals surface area contributed by atoms with Gasteiger partial charge in [-0.05, 0) is 43.4 Å². The van der Waals surface area contributed by atoms with Gasteiger partial charge in [0, 0.05) is 16.3 Å². The number of fused-ring (bicyclic) bond motifs is 4. The number of nitrogens with two attached hydrogens (primary N) is 1. The lowest BCUT2D eigenvalue weighted by Gasteiger charge is -2.20. The fourth-order valence-corrected chi connectivity index (χ4v) is 5.14. The number of methoxy groups -OCH3 is 1. The van der Waals surface area contributed by atoms with Gasteiger partial charge in [-0.2, -0.15) is 5.10 Å². The van der Waals surface area contributed by atoms with Gasteiger partial charge in [0.15, 0.2) is 0 Å². The summed E-state index contributed by atoms with van der Waals surface area (Å²) < 4.78 is 5.56. The largest absolute Gasteiger partial charge is 0.494 e. The molecule has 8 heteroatoms. The number of ether oxygens (including phenoxy) is 1. The summed E-state index contributed by atoms with van der Waals surface area (Å²) in [6, 6.07) is 3.97. The highest BCUT2D eigenvalue weighted by molar-refractivity contribution is 7.19. The number of aromatic amines is 1. The standard InChI is InChI=1S/C19H20N6OS/c1-26-15-6-13-11(8-23-25-13)5-14(15)24-18-17-12-3-2-10(7-20)4-16(12)27-19(17)22-9-21-18/h5-6,8-10H,2-4,7,20H2,1H3,(H,23,25)(H,21,22,24). The van der Waals surface area contributed by atoms with Crippen molar-refractivity contribution >= 4 is 44.0 Å². The van der Waals surface area contributed by atoms with E-state index >= 15 is 0 Å². The van der Waals surface area contributed by atoms with Crippen LogP contribution in [0.5, 0.6) is 5.75 Å². The molecule has 0 spiro atoms. The van der Waals surface area contributed by atoms with Gasteiger partial charge in [-0.1, -0.05) is 0 Å². The number of nitrogens with zero attached hydrogens (tertiary/aromatic N) is 3. The maximum atomic E-state index is 5.90. The zero-order chi connectivity index (χ0) is 18.4. The number of hydrogen-bond donors (Lipinski definition) is 3. The molecule has 0 fully saturated rings. The Morgan fingerprint density at radius 3 is 3.15 bits per heavy atom. The molecule has 1 aliphatic carbocycles. The first-order valence-electron chi connectivity index (χ1n) is 9.00. The second-order valence-corrected chi connectivity index (χ2v) is 7.97. The summed E-state index contributed by atoms with van der Waals surface area (Å²) in [7, 11) is 1.66. The van der Waals surface area contributed by atoms with Gasteiger partial charge in [-0.3, -0.25) is 5.10 Å². The quantitative estimate of drug-likeness (QED) is 0.502. The first-order chi connectivity index (χ1) is 13.3. The summed E-state index contributed by atoms with van der Waals surface area (Å²) >= 11 is 1.76. The van der Waals surface area contributed by atoms with Crippen molar-refractivity contribution < 1.29 is 4.74 Å². The summed E-state index contributed by atoms with van der Waals surface area (Å²) in [5.41, 5.74) is 9.06. The minimum atomic E-state index is 0.568. The minimum Gasteiger partial charge on any atom is -0.494 e. The smallest absolute Gasteiger partial charge is 0.144 e. The molecule has 5 rings (SSSR count). The van der Waals surface area contributed by atoms with Gasteiger partial charge >= 0.3 is 0 Å². The van der Waals surface area contributed by atoms with E-state index in [9.17, 15) is 0 Å². The molecule has 3 heterocycles. The van der Waals surface area contributed by atoms with Crippen LogP contribution < -0.4 is 15.8 Å². The number of thiophene rings is 1. The Labute approximate surface area is 160 Å². The van der Waals surface area contributed by atoms with E-state index in [-0.39, 0.29) is 0 Å². The van der Waals surface area contributed by atoms with Crippen LogP contribution in [-0.4, -0.2) is 33.8 Å². The van der Waals surface area contributed by atoms with Crippen molar-refractivity contribution in [3.05, 3.63) is 35.1 Å². The maximum absolute atomic E-state index is 5.90. The molecule has 0 radical (unpaired) electrons. The van der Waals surface area contributed by atoms with Gasteiger partial charge in [0.1, 0.15) is 22.7 Å². The van der Waals surface area contributed by atoms with Crippen molar-refractivity contribution in [3.63, 3.8) is 0 Å². The Bertz CT molecular complexity index is 1130. The molecule has 0 saturated heterocycles. The summed E-state index contributed by atoms with van der Waals surface area (Å²) in [5, 5.41) is 12.7. The summed E-state index contributed by atoms with van der Waals surface area (Å²) in [5.74, 6) is 2.13. The Morgan fingerprint density at radius 2 is 2.30 bits per heavy atom. The van der Waals surface area contributed by atoms with Crippen molar-refractivity contribution in [2.24, 2.45) is 11.7 Å². The molecule has 1 aliphatic rings. The Morgan fingerprint density at radius 1 is 1.37 bits per heavy atom. The van der Waals surface area contributed by atoms with Gasteiger partial charge < -0.3 is 15.8 Å². The monoisotopic (exact) mass is 380 g/mol. The predicted octanol–water partition coefficient (Wildman–Crippen LogP) is 3.38. The van der Waals surface area contributed by atoms with Gasteiger partial charge in [0.25, 0.3) is 0 Å². The molecule has 0 amide bonds. The fraction of sp³-hybridized carbons (Fsp3) is 0.316. The highest BCUT2D eigenvalue weighted by Crippen LogP contribution is 2.41. The van der Waals surface area contributed by atoms with Crippen LogP contribution >= 0.6 is 11.3 Å². The number of hydrogen-bond acceptors (Lipinski definition) is 7. The van der Waals surface area contributed by atoms with Crippen molar-refractivity contribution in [3.8, 4) is 5.75 Å². The van der Waals surface area contributed by atoms with E-state index in [1.165, 1.54) is 10.4 Å². The molecule has 1 unspecified atom stereocenters. The van der Waals surface area contributed by atoms with Gasteiger partial charge in [0.05, 0.1) is 29.9 Å². The number of anilines is 2. The average molecular weight is 380 g/mol. The minimum absolute atomic E-state index is 0.568. The fourth-order valence-electron chi connectivity index (χ4n) is 3.84. The molecule has 7 nitrogen and oxygen atoms in total. The molecule has 138 valence electrons. The molecule has 0 aliphatic heterocycles. The number of nitrogens with one attached hydrogen (secondary N) is 2. The van der Waals surface area contributed by atoms with E-state index < -0.39 is 0 Å². The number of benzene rings is 1. The molecule has 27 heavy (non-hydrogen) atoms. The zero-order valence-electron chi connectivity index (χ0n) is 15.0. The molecule has 1 aromatic carbocycles. The summed E-state index contributed by atoms with van der Waals surface area (Å²) in [6.07, 6.45) is 6.60. The average Bonchev–Trinajstić information content (AvgIpc) is 3.30. The van der Waals surface area contributed by atoms with Crippen molar-refractivity contribution in [1.29, 1.82) is 0 Å². The van der Waals surface area contributed by atoms with E-state index in [1.54, 1.807) is 31.0 Å². The van der Waals surface area contributed by atoms with E-state index in [0.29, 0.717) is 5.92 Å². The highest BCUT2D eigenvalue weighted by atomic mass is 32.1. The van der Waals surface area contributed by atoms with Crippen LogP contribution in [0.15, 0.2) is 24.7 Å². The lowest BCUT2D eigenvalue weighted by atomic mass is 9.88. The number of aromatic nitrogens is 4. The van der Waals surface area contributed by atoms with Crippen LogP contribution in [0.1, 0.15) is 16.9 Å². The Kier molecular flexibility index (Phi) is 3.95. The first kappa shape index (κ1) is 16.5. The molecule has 0 bridgehead atoms. The molecule has 3 aromatic heterocycles. The third kappa shape index (κ3) is 2.72. The number of H-pyrrole nitrogens is 1. The Balaban J connectivity index is 1.61. The van der Waals surface area contributed by atoms with Gasteiger partial charge in [0.2, 0.25) is 0 Å². The second kappa shape index (κ2) is 6.47. The molecule has 4 N–H and O–H groups in total. The number of rotatable bonds is 4. The van der Waals surface area contributed by atoms with Crippen molar-refractivity contribution in [2.75, 3.05) is 19.0 Å². The predicted molar refractivity (Wildman–Crippen MR) is 108 cm³/mol. The lowest BCUT2D eigenvalue weighted by molar-refractivity contribution is 0.417. The first-order valence-corrected chi connectivity index (χ1v) is 9.82. The second-order valence-electron chi connectivity index (χ2n) is 6.89. The molecule has 0 saturated carbocycles. The van der Waals surface area contributed by atoms with Gasteiger partial charge in [-0.25, -0.2) is 9.97 Å².